The first kappa shape index (κ1) is 15.1. The zero-order valence-corrected chi connectivity index (χ0v) is 12.5. The molecule has 5 heteroatoms. The van der Waals surface area contributed by atoms with E-state index in [2.05, 4.69) is 5.32 Å². The molecule has 0 bridgehead atoms. The minimum Gasteiger partial charge on any atom is -0.484 e. The van der Waals surface area contributed by atoms with Crippen molar-refractivity contribution in [3.05, 3.63) is 29.3 Å². The number of carbonyl (C=O) groups excluding carboxylic acids is 1. The van der Waals surface area contributed by atoms with E-state index in [9.17, 15) is 4.79 Å². The van der Waals surface area contributed by atoms with Gasteiger partial charge in [-0.15, -0.1) is 0 Å². The Morgan fingerprint density at radius 1 is 1.55 bits per heavy atom. The average Bonchev–Trinajstić information content (AvgIpc) is 2.45. The van der Waals surface area contributed by atoms with E-state index in [-0.39, 0.29) is 12.5 Å². The number of nitrogens with one attached hydrogen (secondary N) is 1. The third kappa shape index (κ3) is 4.39. The Labute approximate surface area is 125 Å². The number of hydrogen-bond donors (Lipinski definition) is 1. The van der Waals surface area contributed by atoms with Crippen LogP contribution in [0.1, 0.15) is 12.8 Å². The van der Waals surface area contributed by atoms with Crippen LogP contribution in [0.4, 0.5) is 0 Å². The lowest BCUT2D eigenvalue weighted by Crippen LogP contribution is -2.44. The summed E-state index contributed by atoms with van der Waals surface area (Å²) < 4.78 is 5.51. The Bertz CT molecular complexity index is 451. The fourth-order valence-electron chi connectivity index (χ4n) is 2.54. The maximum absolute atomic E-state index is 12.2. The molecule has 1 aliphatic heterocycles. The maximum Gasteiger partial charge on any atom is 0.260 e. The molecule has 1 atom stereocenters. The largest absolute Gasteiger partial charge is 0.484 e. The van der Waals surface area contributed by atoms with Crippen LogP contribution in [0.3, 0.4) is 0 Å². The number of rotatable bonds is 5. The lowest BCUT2D eigenvalue weighted by atomic mass is 9.98. The van der Waals surface area contributed by atoms with Crippen LogP contribution >= 0.6 is 11.6 Å². The molecule has 0 aromatic heterocycles. The predicted molar refractivity (Wildman–Crippen MR) is 80.2 cm³/mol. The van der Waals surface area contributed by atoms with E-state index in [0.717, 1.165) is 26.1 Å². The third-order valence-corrected chi connectivity index (χ3v) is 3.76. The van der Waals surface area contributed by atoms with E-state index in [4.69, 9.17) is 16.3 Å². The SMILES string of the molecule is CNCC1CCCN(C(=O)COc2cccc(Cl)c2)C1. The number of carbonyl (C=O) groups is 1. The van der Waals surface area contributed by atoms with Gasteiger partial charge in [0.25, 0.3) is 5.91 Å². The second-order valence-corrected chi connectivity index (χ2v) is 5.59. The zero-order chi connectivity index (χ0) is 14.4. The topological polar surface area (TPSA) is 41.6 Å². The van der Waals surface area contributed by atoms with Gasteiger partial charge in [-0.1, -0.05) is 17.7 Å². The summed E-state index contributed by atoms with van der Waals surface area (Å²) in [5.74, 6) is 1.23. The van der Waals surface area contributed by atoms with Crippen molar-refractivity contribution in [1.82, 2.24) is 10.2 Å². The highest BCUT2D eigenvalue weighted by atomic mass is 35.5. The Morgan fingerprint density at radius 3 is 3.15 bits per heavy atom. The summed E-state index contributed by atoms with van der Waals surface area (Å²) in [6.07, 6.45) is 2.25. The summed E-state index contributed by atoms with van der Waals surface area (Å²) in [5, 5.41) is 3.79. The third-order valence-electron chi connectivity index (χ3n) is 3.52. The molecule has 0 aliphatic carbocycles. The molecule has 1 fully saturated rings. The van der Waals surface area contributed by atoms with Gasteiger partial charge in [-0.2, -0.15) is 0 Å². The lowest BCUT2D eigenvalue weighted by Gasteiger charge is -2.32. The van der Waals surface area contributed by atoms with Crippen molar-refractivity contribution >= 4 is 17.5 Å². The minimum absolute atomic E-state index is 0.0470. The molecule has 1 aliphatic rings. The van der Waals surface area contributed by atoms with Gasteiger partial charge in [0, 0.05) is 18.1 Å². The van der Waals surface area contributed by atoms with E-state index >= 15 is 0 Å². The van der Waals surface area contributed by atoms with Crippen LogP contribution in [0.2, 0.25) is 5.02 Å². The monoisotopic (exact) mass is 296 g/mol. The van der Waals surface area contributed by atoms with E-state index in [0.29, 0.717) is 16.7 Å². The van der Waals surface area contributed by atoms with Crippen molar-refractivity contribution in [3.63, 3.8) is 0 Å². The van der Waals surface area contributed by atoms with Crippen molar-refractivity contribution in [2.45, 2.75) is 12.8 Å². The smallest absolute Gasteiger partial charge is 0.260 e. The number of piperidine rings is 1. The highest BCUT2D eigenvalue weighted by Gasteiger charge is 2.23. The molecular weight excluding hydrogens is 276 g/mol. The second kappa shape index (κ2) is 7.50. The molecule has 4 nitrogen and oxygen atoms in total. The van der Waals surface area contributed by atoms with Gasteiger partial charge in [-0.05, 0) is 50.6 Å². The Balaban J connectivity index is 1.82. The van der Waals surface area contributed by atoms with Crippen LogP contribution in [-0.4, -0.2) is 44.1 Å². The first-order valence-corrected chi connectivity index (χ1v) is 7.37. The van der Waals surface area contributed by atoms with E-state index in [1.807, 2.05) is 18.0 Å². The van der Waals surface area contributed by atoms with E-state index < -0.39 is 0 Å². The first-order chi connectivity index (χ1) is 9.69. The summed E-state index contributed by atoms with van der Waals surface area (Å²) in [6, 6.07) is 7.11. The van der Waals surface area contributed by atoms with Crippen LogP contribution < -0.4 is 10.1 Å². The number of amides is 1. The number of hydrogen-bond acceptors (Lipinski definition) is 3. The summed E-state index contributed by atoms with van der Waals surface area (Å²) in [7, 11) is 1.95. The summed E-state index contributed by atoms with van der Waals surface area (Å²) in [5.41, 5.74) is 0. The molecule has 1 N–H and O–H groups in total. The number of halogens is 1. The van der Waals surface area contributed by atoms with Gasteiger partial charge in [0.1, 0.15) is 5.75 Å². The molecule has 1 aromatic carbocycles. The molecule has 0 spiro atoms. The second-order valence-electron chi connectivity index (χ2n) is 5.15. The molecule has 2 rings (SSSR count). The minimum atomic E-state index is 0.0470. The van der Waals surface area contributed by atoms with Crippen LogP contribution in [0.5, 0.6) is 5.75 Å². The summed E-state index contributed by atoms with van der Waals surface area (Å²) >= 11 is 5.88. The molecule has 0 radical (unpaired) electrons. The van der Waals surface area contributed by atoms with Gasteiger partial charge in [-0.25, -0.2) is 0 Å². The number of benzene rings is 1. The standard InChI is InChI=1S/C15H21ClN2O2/c1-17-9-12-4-3-7-18(10-12)15(19)11-20-14-6-2-5-13(16)8-14/h2,5-6,8,12,17H,3-4,7,9-11H2,1H3. The lowest BCUT2D eigenvalue weighted by molar-refractivity contribution is -0.135. The molecule has 20 heavy (non-hydrogen) atoms. The van der Waals surface area contributed by atoms with Crippen LogP contribution in [-0.2, 0) is 4.79 Å². The normalized spacial score (nSPS) is 18.9. The molecule has 1 saturated heterocycles. The fourth-order valence-corrected chi connectivity index (χ4v) is 2.72. The summed E-state index contributed by atoms with van der Waals surface area (Å²) in [4.78, 5) is 14.1. The van der Waals surface area contributed by atoms with Gasteiger partial charge in [-0.3, -0.25) is 4.79 Å². The molecule has 1 unspecified atom stereocenters. The number of nitrogens with zero attached hydrogens (tertiary/aromatic N) is 1. The van der Waals surface area contributed by atoms with Crippen molar-refractivity contribution in [2.24, 2.45) is 5.92 Å². The number of likely N-dealkylation sites (tertiary alicyclic amines) is 1. The molecule has 0 saturated carbocycles. The highest BCUT2D eigenvalue weighted by molar-refractivity contribution is 6.30. The fraction of sp³-hybridized carbons (Fsp3) is 0.533. The predicted octanol–water partition coefficient (Wildman–Crippen LogP) is 2.18. The van der Waals surface area contributed by atoms with Crippen LogP contribution in [0, 0.1) is 5.92 Å². The van der Waals surface area contributed by atoms with Gasteiger partial charge in [0.2, 0.25) is 0 Å². The van der Waals surface area contributed by atoms with E-state index in [1.165, 1.54) is 6.42 Å². The highest BCUT2D eigenvalue weighted by Crippen LogP contribution is 2.18. The Morgan fingerprint density at radius 2 is 2.40 bits per heavy atom. The summed E-state index contributed by atoms with van der Waals surface area (Å²) in [6.45, 7) is 2.68. The first-order valence-electron chi connectivity index (χ1n) is 7.00. The van der Waals surface area contributed by atoms with Crippen molar-refractivity contribution in [1.29, 1.82) is 0 Å². The molecule has 1 heterocycles. The van der Waals surface area contributed by atoms with Crippen molar-refractivity contribution < 1.29 is 9.53 Å². The Hall–Kier alpha value is -1.26. The molecule has 1 amide bonds. The van der Waals surface area contributed by atoms with Gasteiger partial charge in [0.15, 0.2) is 6.61 Å². The zero-order valence-electron chi connectivity index (χ0n) is 11.8. The molecular formula is C15H21ClN2O2. The molecule has 1 aromatic rings. The van der Waals surface area contributed by atoms with Gasteiger partial charge < -0.3 is 15.0 Å². The molecule has 110 valence electrons. The van der Waals surface area contributed by atoms with Gasteiger partial charge in [0.05, 0.1) is 0 Å². The van der Waals surface area contributed by atoms with Crippen molar-refractivity contribution in [2.75, 3.05) is 33.3 Å². The maximum atomic E-state index is 12.2. The van der Waals surface area contributed by atoms with Gasteiger partial charge >= 0.3 is 0 Å². The van der Waals surface area contributed by atoms with Crippen LogP contribution in [0.25, 0.3) is 0 Å². The van der Waals surface area contributed by atoms with Crippen LogP contribution in [0.15, 0.2) is 24.3 Å². The quantitative estimate of drug-likeness (QED) is 0.905. The Kier molecular flexibility index (Phi) is 5.68. The number of ether oxygens (including phenoxy) is 1. The van der Waals surface area contributed by atoms with E-state index in [1.54, 1.807) is 18.2 Å². The average molecular weight is 297 g/mol. The van der Waals surface area contributed by atoms with Crippen molar-refractivity contribution in [3.8, 4) is 5.75 Å².